The standard InChI is InChI=1S/C52H73N13O6/c1-33(2)15-21-64-29-37(24-44(64)49(69)57-38-25-42(62(9)30-38)47(67)54-17-11-19-60(5)6)52(51(53)71)28-36-23-35(13-14-41(36)59-52)46(66)56-40-27-45(65(32-40)22-16-34(3)4)50(70)58-39-26-43(63(10)31-39)48(68)55-18-12-20-61(7)8/h13-14,23-27,29-34,59H,11-12,15-22,28H2,1-10H3,(H2,53,71)(H,54,67)(H,55,68)(H,56,66)(H,57,69)(H,58,70). The van der Waals surface area contributed by atoms with E-state index in [2.05, 4.69) is 64.5 Å². The fourth-order valence-corrected chi connectivity index (χ4v) is 8.58. The van der Waals surface area contributed by atoms with Gasteiger partial charge in [0.25, 0.3) is 29.5 Å². The molecule has 71 heavy (non-hydrogen) atoms. The summed E-state index contributed by atoms with van der Waals surface area (Å²) in [5, 5.41) is 18.0. The predicted molar refractivity (Wildman–Crippen MR) is 278 cm³/mol. The van der Waals surface area contributed by atoms with Crippen LogP contribution in [0.3, 0.4) is 0 Å². The third-order valence-electron chi connectivity index (χ3n) is 12.6. The van der Waals surface area contributed by atoms with Crippen LogP contribution in [-0.2, 0) is 43.9 Å². The highest BCUT2D eigenvalue weighted by atomic mass is 16.2. The predicted octanol–water partition coefficient (Wildman–Crippen LogP) is 5.53. The van der Waals surface area contributed by atoms with Crippen molar-refractivity contribution >= 4 is 58.2 Å². The monoisotopic (exact) mass is 976 g/mol. The van der Waals surface area contributed by atoms with Gasteiger partial charge in [-0.25, -0.2) is 0 Å². The van der Waals surface area contributed by atoms with Crippen molar-refractivity contribution in [3.63, 3.8) is 0 Å². The summed E-state index contributed by atoms with van der Waals surface area (Å²) in [6.07, 6.45) is 10.1. The number of nitrogens with zero attached hydrogens (tertiary/aromatic N) is 6. The number of primary amides is 1. The first kappa shape index (κ1) is 53.2. The molecule has 0 saturated heterocycles. The van der Waals surface area contributed by atoms with E-state index in [1.165, 1.54) is 0 Å². The number of aromatic nitrogens is 4. The van der Waals surface area contributed by atoms with Gasteiger partial charge in [-0.3, -0.25) is 28.8 Å². The van der Waals surface area contributed by atoms with Crippen LogP contribution < -0.4 is 37.6 Å². The summed E-state index contributed by atoms with van der Waals surface area (Å²) >= 11 is 0. The molecule has 1 atom stereocenters. The van der Waals surface area contributed by atoms with E-state index in [1.807, 2.05) is 42.2 Å². The van der Waals surface area contributed by atoms with E-state index >= 15 is 0 Å². The highest BCUT2D eigenvalue weighted by Crippen LogP contribution is 2.41. The Bertz CT molecular complexity index is 2740. The average molecular weight is 976 g/mol. The molecule has 1 aromatic carbocycles. The number of carbonyl (C=O) groups is 6. The Morgan fingerprint density at radius 1 is 0.620 bits per heavy atom. The highest BCUT2D eigenvalue weighted by molar-refractivity contribution is 6.08. The van der Waals surface area contributed by atoms with E-state index in [0.717, 1.165) is 38.8 Å². The van der Waals surface area contributed by atoms with Gasteiger partial charge in [0.15, 0.2) is 0 Å². The molecular weight excluding hydrogens is 903 g/mol. The lowest BCUT2D eigenvalue weighted by atomic mass is 9.87. The Labute approximate surface area is 416 Å². The summed E-state index contributed by atoms with van der Waals surface area (Å²) < 4.78 is 6.97. The van der Waals surface area contributed by atoms with Gasteiger partial charge in [-0.15, -0.1) is 0 Å². The molecule has 19 heteroatoms. The highest BCUT2D eigenvalue weighted by Gasteiger charge is 2.45. The summed E-state index contributed by atoms with van der Waals surface area (Å²) in [5.74, 6) is -1.71. The summed E-state index contributed by atoms with van der Waals surface area (Å²) in [7, 11) is 11.4. The Morgan fingerprint density at radius 3 is 1.58 bits per heavy atom. The number of nitrogens with one attached hydrogen (secondary N) is 6. The first-order chi connectivity index (χ1) is 33.6. The van der Waals surface area contributed by atoms with Gasteiger partial charge < -0.3 is 65.7 Å². The second-order valence-corrected chi connectivity index (χ2v) is 20.1. The smallest absolute Gasteiger partial charge is 0.272 e. The summed E-state index contributed by atoms with van der Waals surface area (Å²) in [5.41, 5.74) is 9.66. The zero-order chi connectivity index (χ0) is 51.7. The van der Waals surface area contributed by atoms with Crippen molar-refractivity contribution in [2.75, 3.05) is 75.6 Å². The van der Waals surface area contributed by atoms with E-state index in [-0.39, 0.29) is 18.2 Å². The molecule has 6 rings (SSSR count). The van der Waals surface area contributed by atoms with Gasteiger partial charge in [0.1, 0.15) is 28.3 Å². The topological polar surface area (TPSA) is 227 Å². The summed E-state index contributed by atoms with van der Waals surface area (Å²) in [6.45, 7) is 12.1. The van der Waals surface area contributed by atoms with Crippen LogP contribution in [0.5, 0.6) is 0 Å². The lowest BCUT2D eigenvalue weighted by Gasteiger charge is -2.25. The first-order valence-corrected chi connectivity index (χ1v) is 24.4. The maximum Gasteiger partial charge on any atom is 0.272 e. The SMILES string of the molecule is CC(C)CCn1cc(NC(=O)c2ccc3c(c2)CC(C(N)=O)(c2cc(C(=O)Nc4cc(C(=O)NCCCN(C)C)n(C)c4)n(CCC(C)C)c2)N3)cc1C(=O)Nc1cc(C(=O)NCCCN(C)C)n(C)c1. The van der Waals surface area contributed by atoms with Crippen molar-refractivity contribution in [1.82, 2.24) is 38.7 Å². The van der Waals surface area contributed by atoms with Gasteiger partial charge in [0.05, 0.1) is 17.1 Å². The lowest BCUT2D eigenvalue weighted by molar-refractivity contribution is -0.122. The van der Waals surface area contributed by atoms with Crippen LogP contribution in [0.1, 0.15) is 117 Å². The van der Waals surface area contributed by atoms with Gasteiger partial charge in [-0.1, -0.05) is 27.7 Å². The molecule has 0 fully saturated rings. The summed E-state index contributed by atoms with van der Waals surface area (Å²) in [4.78, 5) is 85.5. The molecule has 1 aliphatic heterocycles. The molecule has 0 radical (unpaired) electrons. The zero-order valence-electron chi connectivity index (χ0n) is 43.0. The molecule has 8 N–H and O–H groups in total. The number of rotatable bonds is 24. The molecule has 0 saturated carbocycles. The van der Waals surface area contributed by atoms with Crippen LogP contribution in [0.4, 0.5) is 22.7 Å². The minimum Gasteiger partial charge on any atom is -0.367 e. The number of anilines is 4. The van der Waals surface area contributed by atoms with E-state index in [0.29, 0.717) is 100 Å². The van der Waals surface area contributed by atoms with Crippen molar-refractivity contribution in [1.29, 1.82) is 0 Å². The molecule has 4 aromatic heterocycles. The fourth-order valence-electron chi connectivity index (χ4n) is 8.58. The van der Waals surface area contributed by atoms with Crippen LogP contribution in [-0.4, -0.2) is 118 Å². The maximum absolute atomic E-state index is 14.1. The van der Waals surface area contributed by atoms with Crippen molar-refractivity contribution in [2.45, 2.75) is 78.4 Å². The molecule has 5 heterocycles. The van der Waals surface area contributed by atoms with Gasteiger partial charge >= 0.3 is 0 Å². The molecule has 1 unspecified atom stereocenters. The van der Waals surface area contributed by atoms with E-state index in [4.69, 9.17) is 5.73 Å². The molecule has 0 aliphatic carbocycles. The lowest BCUT2D eigenvalue weighted by Crippen LogP contribution is -2.46. The number of nitrogens with two attached hydrogens (primary N) is 1. The Hall–Kier alpha value is -7.12. The van der Waals surface area contributed by atoms with Crippen molar-refractivity contribution in [3.05, 3.63) is 107 Å². The van der Waals surface area contributed by atoms with Crippen molar-refractivity contribution in [3.8, 4) is 0 Å². The molecule has 5 aromatic rings. The maximum atomic E-state index is 14.1. The van der Waals surface area contributed by atoms with Gasteiger partial charge in [-0.2, -0.15) is 0 Å². The Balaban J connectivity index is 1.18. The second kappa shape index (κ2) is 23.2. The molecule has 1 aliphatic rings. The van der Waals surface area contributed by atoms with E-state index < -0.39 is 29.2 Å². The van der Waals surface area contributed by atoms with E-state index in [9.17, 15) is 28.8 Å². The minimum absolute atomic E-state index is 0.106. The number of hydrogen-bond acceptors (Lipinski definition) is 9. The van der Waals surface area contributed by atoms with Crippen LogP contribution in [0.25, 0.3) is 0 Å². The van der Waals surface area contributed by atoms with Gasteiger partial charge in [-0.05, 0) is 127 Å². The normalized spacial score (nSPS) is 14.2. The first-order valence-electron chi connectivity index (χ1n) is 24.4. The molecule has 0 bridgehead atoms. The number of fused-ring (bicyclic) bond motifs is 1. The van der Waals surface area contributed by atoms with Crippen LogP contribution in [0.2, 0.25) is 0 Å². The second-order valence-electron chi connectivity index (χ2n) is 20.1. The number of benzene rings is 1. The van der Waals surface area contributed by atoms with Crippen LogP contribution >= 0.6 is 0 Å². The molecule has 6 amide bonds. The molecule has 0 spiro atoms. The van der Waals surface area contributed by atoms with Crippen LogP contribution in [0.15, 0.2) is 67.3 Å². The number of hydrogen-bond donors (Lipinski definition) is 7. The van der Waals surface area contributed by atoms with Crippen molar-refractivity contribution in [2.24, 2.45) is 31.7 Å². The minimum atomic E-state index is -1.44. The molecule has 19 nitrogen and oxygen atoms in total. The quantitative estimate of drug-likeness (QED) is 0.0386. The fraction of sp³-hybridized carbons (Fsp3) is 0.462. The third-order valence-corrected chi connectivity index (χ3v) is 12.6. The van der Waals surface area contributed by atoms with Gasteiger partial charge in [0, 0.05) is 88.3 Å². The molecular formula is C52H73N13O6. The van der Waals surface area contributed by atoms with Crippen molar-refractivity contribution < 1.29 is 28.8 Å². The Morgan fingerprint density at radius 2 is 1.08 bits per heavy atom. The Kier molecular flexibility index (Phi) is 17.4. The number of carbonyl (C=O) groups excluding carboxylic acids is 6. The third kappa shape index (κ3) is 13.4. The summed E-state index contributed by atoms with van der Waals surface area (Å²) in [6, 6.07) is 11.7. The zero-order valence-corrected chi connectivity index (χ0v) is 43.0. The largest absolute Gasteiger partial charge is 0.367 e. The van der Waals surface area contributed by atoms with E-state index in [1.54, 1.807) is 90.5 Å². The van der Waals surface area contributed by atoms with Crippen LogP contribution in [0, 0.1) is 11.8 Å². The van der Waals surface area contributed by atoms with Gasteiger partial charge in [0.2, 0.25) is 5.91 Å². The number of aryl methyl sites for hydroxylation is 4. The average Bonchev–Trinajstić information content (AvgIpc) is 4.14. The molecule has 382 valence electrons. The number of amides is 6.